The van der Waals surface area contributed by atoms with Crippen molar-refractivity contribution < 1.29 is 8.83 Å². The fraction of sp³-hybridized carbons (Fsp3) is 0.486. The molecule has 0 spiro atoms. The average molecular weight is 559 g/mol. The first-order chi connectivity index (χ1) is 20.0. The van der Waals surface area contributed by atoms with Gasteiger partial charge in [0.1, 0.15) is 11.2 Å². The summed E-state index contributed by atoms with van der Waals surface area (Å²) in [7, 11) is 0. The van der Waals surface area contributed by atoms with Gasteiger partial charge in [0, 0.05) is 78.0 Å². The summed E-state index contributed by atoms with van der Waals surface area (Å²) in [6, 6.07) is 15.9. The van der Waals surface area contributed by atoms with Gasteiger partial charge in [-0.2, -0.15) is 0 Å². The fourth-order valence-electron chi connectivity index (χ4n) is 5.27. The van der Waals surface area contributed by atoms with E-state index < -0.39 is 11.3 Å². The maximum Gasteiger partial charge on any atom is 0.339 e. The smallest absolute Gasteiger partial charge is 0.339 e. The number of hydrogen-bond donors (Lipinski definition) is 0. The van der Waals surface area contributed by atoms with Gasteiger partial charge in [-0.3, -0.25) is 0 Å². The van der Waals surface area contributed by atoms with Gasteiger partial charge in [-0.1, -0.05) is 53.4 Å². The summed E-state index contributed by atoms with van der Waals surface area (Å²) < 4.78 is 11.6. The van der Waals surface area contributed by atoms with Gasteiger partial charge in [-0.15, -0.1) is 0 Å². The summed E-state index contributed by atoms with van der Waals surface area (Å²) >= 11 is 0. The molecule has 0 bridgehead atoms. The summed E-state index contributed by atoms with van der Waals surface area (Å²) in [5.41, 5.74) is 3.37. The van der Waals surface area contributed by atoms with Crippen molar-refractivity contribution in [2.75, 3.05) is 36.0 Å². The van der Waals surface area contributed by atoms with E-state index in [4.69, 9.17) is 8.83 Å². The number of unbranched alkanes of at least 4 members (excludes halogenated alkanes) is 4. The Hall–Kier alpha value is -3.54. The van der Waals surface area contributed by atoms with Crippen LogP contribution >= 0.6 is 0 Å². The van der Waals surface area contributed by atoms with Crippen molar-refractivity contribution in [1.82, 2.24) is 0 Å². The summed E-state index contributed by atoms with van der Waals surface area (Å²) in [6.45, 7) is 12.7. The molecule has 2 aromatic heterocycles. The number of anilines is 2. The fourth-order valence-corrected chi connectivity index (χ4v) is 5.27. The number of rotatable bonds is 16. The predicted octanol–water partition coefficient (Wildman–Crippen LogP) is 8.30. The van der Waals surface area contributed by atoms with Gasteiger partial charge in [-0.05, 0) is 62.1 Å². The summed E-state index contributed by atoms with van der Waals surface area (Å²) in [6.07, 6.45) is 9.19. The van der Waals surface area contributed by atoms with Crippen LogP contribution in [0, 0.1) is 0 Å². The highest BCUT2D eigenvalue weighted by molar-refractivity contribution is 5.82. The maximum absolute atomic E-state index is 13.0. The minimum Gasteiger partial charge on any atom is -0.422 e. The number of fused-ring (bicyclic) bond motifs is 2. The van der Waals surface area contributed by atoms with Crippen molar-refractivity contribution in [2.24, 2.45) is 0 Å². The molecule has 0 aliphatic carbocycles. The number of benzene rings is 2. The van der Waals surface area contributed by atoms with E-state index in [2.05, 4.69) is 49.6 Å². The molecule has 0 fully saturated rings. The van der Waals surface area contributed by atoms with Gasteiger partial charge in [0.25, 0.3) is 0 Å². The Labute approximate surface area is 244 Å². The molecule has 6 nitrogen and oxygen atoms in total. The van der Waals surface area contributed by atoms with E-state index in [1.165, 1.54) is 0 Å². The van der Waals surface area contributed by atoms with E-state index in [9.17, 15) is 9.59 Å². The zero-order chi connectivity index (χ0) is 29.2. The Morgan fingerprint density at radius 2 is 0.902 bits per heavy atom. The molecule has 0 aliphatic heterocycles. The topological polar surface area (TPSA) is 66.9 Å². The first-order valence-electron chi connectivity index (χ1n) is 15.6. The van der Waals surface area contributed by atoms with Gasteiger partial charge in [0.05, 0.1) is 0 Å². The van der Waals surface area contributed by atoms with Gasteiger partial charge in [0.2, 0.25) is 0 Å². The van der Waals surface area contributed by atoms with Crippen LogP contribution in [-0.4, -0.2) is 26.2 Å². The standard InChI is InChI=1S/C35H46N2O4/c1-5-9-17-36(18-10-6-2)30-15-13-26-21-28(34(38)40-32(26)24-30)23-29-22-27-14-16-31(25-33(27)41-35(29)39)37(19-11-7-3)20-12-8-4/h13-16,21-22,24-25H,5-12,17-20,23H2,1-4H3. The van der Waals surface area contributed by atoms with E-state index in [1.54, 1.807) is 0 Å². The molecule has 0 N–H and O–H groups in total. The van der Waals surface area contributed by atoms with Crippen LogP contribution in [0.5, 0.6) is 0 Å². The van der Waals surface area contributed by atoms with Crippen LogP contribution < -0.4 is 21.1 Å². The first-order valence-corrected chi connectivity index (χ1v) is 15.6. The van der Waals surface area contributed by atoms with Crippen LogP contribution in [0.1, 0.15) is 90.2 Å². The lowest BCUT2D eigenvalue weighted by atomic mass is 10.0. The molecule has 220 valence electrons. The summed E-state index contributed by atoms with van der Waals surface area (Å²) in [5, 5.41) is 1.70. The second-order valence-electron chi connectivity index (χ2n) is 11.1. The highest BCUT2D eigenvalue weighted by Crippen LogP contribution is 2.26. The highest BCUT2D eigenvalue weighted by Gasteiger charge is 2.14. The number of hydrogen-bond acceptors (Lipinski definition) is 6. The van der Waals surface area contributed by atoms with Gasteiger partial charge in [-0.25, -0.2) is 9.59 Å². The third kappa shape index (κ3) is 7.81. The lowest BCUT2D eigenvalue weighted by Gasteiger charge is -2.25. The molecule has 4 rings (SSSR count). The lowest BCUT2D eigenvalue weighted by Crippen LogP contribution is -2.25. The molecule has 0 atom stereocenters. The molecule has 0 saturated heterocycles. The molecule has 0 amide bonds. The van der Waals surface area contributed by atoms with Crippen molar-refractivity contribution in [3.8, 4) is 0 Å². The van der Waals surface area contributed by atoms with Crippen LogP contribution in [-0.2, 0) is 6.42 Å². The zero-order valence-electron chi connectivity index (χ0n) is 25.3. The lowest BCUT2D eigenvalue weighted by molar-refractivity contribution is 0.542. The Morgan fingerprint density at radius 3 is 1.24 bits per heavy atom. The molecule has 41 heavy (non-hydrogen) atoms. The minimum absolute atomic E-state index is 0.165. The van der Waals surface area contributed by atoms with Gasteiger partial charge in [0.15, 0.2) is 0 Å². The van der Waals surface area contributed by atoms with Crippen molar-refractivity contribution in [2.45, 2.75) is 85.5 Å². The van der Waals surface area contributed by atoms with Crippen LogP contribution in [0.25, 0.3) is 21.9 Å². The first kappa shape index (κ1) is 30.4. The minimum atomic E-state index is -0.416. The van der Waals surface area contributed by atoms with Crippen molar-refractivity contribution in [3.63, 3.8) is 0 Å². The zero-order valence-corrected chi connectivity index (χ0v) is 25.3. The summed E-state index contributed by atoms with van der Waals surface area (Å²) in [4.78, 5) is 30.8. The Balaban J connectivity index is 1.59. The molecule has 2 aromatic carbocycles. The second kappa shape index (κ2) is 14.9. The number of nitrogens with zero attached hydrogens (tertiary/aromatic N) is 2. The van der Waals surface area contributed by atoms with E-state index in [0.29, 0.717) is 22.3 Å². The summed E-state index contributed by atoms with van der Waals surface area (Å²) in [5.74, 6) is 0. The van der Waals surface area contributed by atoms with Crippen molar-refractivity contribution in [1.29, 1.82) is 0 Å². The Morgan fingerprint density at radius 1 is 0.537 bits per heavy atom. The van der Waals surface area contributed by atoms with Gasteiger partial charge < -0.3 is 18.6 Å². The third-order valence-corrected chi connectivity index (χ3v) is 7.82. The normalized spacial score (nSPS) is 11.4. The van der Waals surface area contributed by atoms with Crippen molar-refractivity contribution >= 4 is 33.3 Å². The molecule has 2 heterocycles. The Kier molecular flexibility index (Phi) is 11.1. The van der Waals surface area contributed by atoms with Crippen LogP contribution in [0.2, 0.25) is 0 Å². The molecular formula is C35H46N2O4. The quantitative estimate of drug-likeness (QED) is 0.129. The highest BCUT2D eigenvalue weighted by atomic mass is 16.4. The maximum atomic E-state index is 13.0. The Bertz CT molecular complexity index is 1410. The molecule has 0 saturated carbocycles. The van der Waals surface area contributed by atoms with E-state index in [-0.39, 0.29) is 6.42 Å². The molecule has 0 aliphatic rings. The largest absolute Gasteiger partial charge is 0.422 e. The molecular weight excluding hydrogens is 512 g/mol. The average Bonchev–Trinajstić information content (AvgIpc) is 2.97. The second-order valence-corrected chi connectivity index (χ2v) is 11.1. The van der Waals surface area contributed by atoms with Crippen molar-refractivity contribution in [3.05, 3.63) is 80.5 Å². The SMILES string of the molecule is CCCCN(CCCC)c1ccc2cc(Cc3cc4ccc(N(CCCC)CCCC)cc4oc3=O)c(=O)oc2c1. The van der Waals surface area contributed by atoms with Gasteiger partial charge >= 0.3 is 11.3 Å². The third-order valence-electron chi connectivity index (χ3n) is 7.82. The van der Waals surface area contributed by atoms with Crippen LogP contribution in [0.3, 0.4) is 0 Å². The molecule has 0 radical (unpaired) electrons. The molecule has 0 unspecified atom stereocenters. The van der Waals surface area contributed by atoms with Crippen LogP contribution in [0.15, 0.2) is 67.0 Å². The van der Waals surface area contributed by atoms with E-state index >= 15 is 0 Å². The molecule has 6 heteroatoms. The monoisotopic (exact) mass is 558 g/mol. The molecule has 4 aromatic rings. The predicted molar refractivity (Wildman–Crippen MR) is 172 cm³/mol. The van der Waals surface area contributed by atoms with E-state index in [0.717, 1.165) is 99.7 Å². The van der Waals surface area contributed by atoms with Crippen LogP contribution in [0.4, 0.5) is 11.4 Å². The van der Waals surface area contributed by atoms with E-state index in [1.807, 2.05) is 36.4 Å².